The van der Waals surface area contributed by atoms with Crippen molar-refractivity contribution in [2.24, 2.45) is 0 Å². The van der Waals surface area contributed by atoms with Gasteiger partial charge >= 0.3 is 0 Å². The van der Waals surface area contributed by atoms with E-state index in [0.717, 1.165) is 12.0 Å². The highest BCUT2D eigenvalue weighted by Crippen LogP contribution is 2.38. The maximum absolute atomic E-state index is 12.1. The van der Waals surface area contributed by atoms with Gasteiger partial charge in [-0.05, 0) is 35.6 Å². The van der Waals surface area contributed by atoms with Crippen LogP contribution in [0.2, 0.25) is 0 Å². The third-order valence-corrected chi connectivity index (χ3v) is 3.09. The lowest BCUT2D eigenvalue weighted by atomic mass is 9.72. The number of carbonyl (C=O) groups excluding carboxylic acids is 1. The van der Waals surface area contributed by atoms with Crippen LogP contribution >= 0.6 is 0 Å². The molecule has 0 aromatic heterocycles. The van der Waals surface area contributed by atoms with Gasteiger partial charge < -0.3 is 0 Å². The van der Waals surface area contributed by atoms with Gasteiger partial charge in [-0.1, -0.05) is 13.8 Å². The van der Waals surface area contributed by atoms with Crippen LogP contribution in [0, 0.1) is 0 Å². The van der Waals surface area contributed by atoms with E-state index in [0.29, 0.717) is 12.0 Å². The Bertz CT molecular complexity index is 410. The summed E-state index contributed by atoms with van der Waals surface area (Å²) in [5.74, 6) is 0.297. The molecule has 2 nitrogen and oxygen atoms in total. The molecule has 0 saturated heterocycles. The van der Waals surface area contributed by atoms with Crippen molar-refractivity contribution in [3.05, 3.63) is 29.3 Å². The largest absolute Gasteiger partial charge is 0.294 e. The molecule has 0 bridgehead atoms. The summed E-state index contributed by atoms with van der Waals surface area (Å²) in [5, 5.41) is 0. The van der Waals surface area contributed by atoms with Crippen molar-refractivity contribution < 1.29 is 14.3 Å². The number of fused-ring (bicyclic) bond motifs is 1. The lowest BCUT2D eigenvalue weighted by molar-refractivity contribution is -0.00642. The molecule has 0 saturated carbocycles. The van der Waals surface area contributed by atoms with E-state index in [-0.39, 0.29) is 16.9 Å². The van der Waals surface area contributed by atoms with Gasteiger partial charge in [0.25, 0.3) is 0 Å². The fourth-order valence-electron chi connectivity index (χ4n) is 2.07. The molecular weight excluding hydrogens is 195 g/mol. The molecule has 1 aromatic carbocycles. The summed E-state index contributed by atoms with van der Waals surface area (Å²) in [6, 6.07) is 4.75. The minimum atomic E-state index is -0.0855. The van der Waals surface area contributed by atoms with Gasteiger partial charge in [-0.3, -0.25) is 9.74 Å². The highest BCUT2D eigenvalue weighted by molar-refractivity contribution is 5.99. The fraction of sp³-hybridized carbons (Fsp3) is 0.417. The first kappa shape index (κ1) is 10.1. The maximum Gasteiger partial charge on any atom is 0.172 e. The number of carbonyl (C=O) groups is 1. The summed E-state index contributed by atoms with van der Waals surface area (Å²) >= 11 is 0. The minimum Gasteiger partial charge on any atom is -0.294 e. The zero-order chi connectivity index (χ0) is 11.1. The highest BCUT2D eigenvalue weighted by Gasteiger charge is 2.31. The maximum atomic E-state index is 12.1. The molecule has 0 spiro atoms. The number of hydrogen-bond donors (Lipinski definition) is 0. The molecule has 1 aliphatic carbocycles. The molecule has 0 aliphatic heterocycles. The second kappa shape index (κ2) is 3.33. The molecule has 15 heavy (non-hydrogen) atoms. The van der Waals surface area contributed by atoms with E-state index >= 15 is 0 Å². The standard InChI is InChI=1S/C12H13FO2/c1-12(2)6-5-11(14)9-4-3-8(15-13)7-10(9)12/h3-4,7H,5-6H2,1-2H3. The first-order valence-electron chi connectivity index (χ1n) is 5.01. The molecule has 0 N–H and O–H groups in total. The summed E-state index contributed by atoms with van der Waals surface area (Å²) in [7, 11) is 0. The molecule has 1 aromatic rings. The van der Waals surface area contributed by atoms with E-state index in [2.05, 4.69) is 18.8 Å². The summed E-state index contributed by atoms with van der Waals surface area (Å²) in [6.45, 7) is 4.11. The van der Waals surface area contributed by atoms with Gasteiger partial charge in [-0.2, -0.15) is 0 Å². The van der Waals surface area contributed by atoms with Crippen LogP contribution in [0.3, 0.4) is 0 Å². The monoisotopic (exact) mass is 208 g/mol. The number of Topliss-reactive ketones (excluding diaryl/α,β-unsaturated/α-hetero) is 1. The predicted octanol–water partition coefficient (Wildman–Crippen LogP) is 3.20. The number of hydrogen-bond acceptors (Lipinski definition) is 2. The molecule has 1 aliphatic rings. The van der Waals surface area contributed by atoms with Crippen LogP contribution in [-0.4, -0.2) is 5.78 Å². The van der Waals surface area contributed by atoms with Gasteiger partial charge in [-0.25, -0.2) is 0 Å². The molecule has 3 heteroatoms. The fourth-order valence-corrected chi connectivity index (χ4v) is 2.07. The number of rotatable bonds is 1. The lowest BCUT2D eigenvalue weighted by Crippen LogP contribution is -2.27. The normalized spacial score (nSPS) is 18.5. The zero-order valence-electron chi connectivity index (χ0n) is 8.84. The second-order valence-electron chi connectivity index (χ2n) is 4.59. The van der Waals surface area contributed by atoms with Crippen molar-refractivity contribution >= 4 is 5.78 Å². The molecule has 0 heterocycles. The van der Waals surface area contributed by atoms with Crippen LogP contribution in [0.5, 0.6) is 5.75 Å². The minimum absolute atomic E-state index is 0.0855. The topological polar surface area (TPSA) is 26.3 Å². The molecular formula is C12H13FO2. The van der Waals surface area contributed by atoms with E-state index in [9.17, 15) is 9.32 Å². The number of benzene rings is 1. The summed E-state index contributed by atoms with van der Waals surface area (Å²) in [5.41, 5.74) is 1.50. The van der Waals surface area contributed by atoms with Crippen molar-refractivity contribution in [3.8, 4) is 5.75 Å². The van der Waals surface area contributed by atoms with Gasteiger partial charge in [0.05, 0.1) is 0 Å². The third kappa shape index (κ3) is 1.62. The predicted molar refractivity (Wildman–Crippen MR) is 54.8 cm³/mol. The Morgan fingerprint density at radius 3 is 2.80 bits per heavy atom. The Balaban J connectivity index is 2.58. The van der Waals surface area contributed by atoms with E-state index in [1.54, 1.807) is 12.1 Å². The quantitative estimate of drug-likeness (QED) is 0.708. The average molecular weight is 208 g/mol. The van der Waals surface area contributed by atoms with Crippen LogP contribution in [0.25, 0.3) is 0 Å². The highest BCUT2D eigenvalue weighted by atomic mass is 19.3. The molecule has 0 amide bonds. The molecule has 0 atom stereocenters. The van der Waals surface area contributed by atoms with Crippen molar-refractivity contribution in [2.75, 3.05) is 0 Å². The molecule has 0 radical (unpaired) electrons. The van der Waals surface area contributed by atoms with Crippen molar-refractivity contribution in [1.29, 1.82) is 0 Å². The molecule has 0 unspecified atom stereocenters. The van der Waals surface area contributed by atoms with Crippen molar-refractivity contribution in [3.63, 3.8) is 0 Å². The average Bonchev–Trinajstić information content (AvgIpc) is 2.24. The zero-order valence-corrected chi connectivity index (χ0v) is 8.84. The van der Waals surface area contributed by atoms with Crippen molar-refractivity contribution in [2.45, 2.75) is 32.1 Å². The first-order valence-corrected chi connectivity index (χ1v) is 5.01. The van der Waals surface area contributed by atoms with Crippen LogP contribution in [0.4, 0.5) is 4.53 Å². The molecule has 0 fully saturated rings. The third-order valence-electron chi connectivity index (χ3n) is 3.09. The summed E-state index contributed by atoms with van der Waals surface area (Å²) < 4.78 is 12.1. The summed E-state index contributed by atoms with van der Waals surface area (Å²) in [6.07, 6.45) is 1.37. The molecule has 2 rings (SSSR count). The Morgan fingerprint density at radius 2 is 2.13 bits per heavy atom. The van der Waals surface area contributed by atoms with Gasteiger partial charge in [-0.15, -0.1) is 0 Å². The Hall–Kier alpha value is -1.38. The first-order chi connectivity index (χ1) is 7.04. The van der Waals surface area contributed by atoms with Gasteiger partial charge in [0.2, 0.25) is 0 Å². The number of ketones is 1. The Morgan fingerprint density at radius 1 is 1.40 bits per heavy atom. The Kier molecular flexibility index (Phi) is 2.25. The lowest BCUT2D eigenvalue weighted by Gasteiger charge is -2.31. The second-order valence-corrected chi connectivity index (χ2v) is 4.59. The smallest absolute Gasteiger partial charge is 0.172 e. The number of halogens is 1. The SMILES string of the molecule is CC1(C)CCC(=O)c2ccc(OF)cc21. The van der Waals surface area contributed by atoms with Crippen LogP contribution in [0.15, 0.2) is 18.2 Å². The van der Waals surface area contributed by atoms with Gasteiger partial charge in [0.1, 0.15) is 0 Å². The van der Waals surface area contributed by atoms with E-state index in [4.69, 9.17) is 0 Å². The van der Waals surface area contributed by atoms with Gasteiger partial charge in [0, 0.05) is 16.5 Å². The van der Waals surface area contributed by atoms with Crippen LogP contribution < -0.4 is 4.94 Å². The van der Waals surface area contributed by atoms with Crippen molar-refractivity contribution in [1.82, 2.24) is 0 Å². The van der Waals surface area contributed by atoms with Crippen LogP contribution in [0.1, 0.15) is 42.6 Å². The van der Waals surface area contributed by atoms with E-state index in [1.807, 2.05) is 0 Å². The molecule has 80 valence electrons. The summed E-state index contributed by atoms with van der Waals surface area (Å²) in [4.78, 5) is 15.3. The van der Waals surface area contributed by atoms with E-state index < -0.39 is 0 Å². The Labute approximate surface area is 88.0 Å². The van der Waals surface area contributed by atoms with Crippen LogP contribution in [-0.2, 0) is 5.41 Å². The van der Waals surface area contributed by atoms with Gasteiger partial charge in [0.15, 0.2) is 11.5 Å². The van der Waals surface area contributed by atoms with E-state index in [1.165, 1.54) is 6.07 Å².